The lowest BCUT2D eigenvalue weighted by atomic mass is 9.96. The van der Waals surface area contributed by atoms with E-state index in [-0.39, 0.29) is 26.0 Å². The summed E-state index contributed by atoms with van der Waals surface area (Å²) in [5, 5.41) is 33.3. The molecule has 8 N–H and O–H groups in total. The first-order valence-electron chi connectivity index (χ1n) is 14.4. The number of nitrogens with zero attached hydrogens (tertiary/aromatic N) is 1. The van der Waals surface area contributed by atoms with Gasteiger partial charge in [0, 0.05) is 26.3 Å². The monoisotopic (exact) mass is 604 g/mol. The number of hydrogen-bond acceptors (Lipinski definition) is 11. The molecule has 3 amide bonds. The van der Waals surface area contributed by atoms with E-state index in [4.69, 9.17) is 30.8 Å². The van der Waals surface area contributed by atoms with Crippen LogP contribution in [-0.2, 0) is 38.2 Å². The van der Waals surface area contributed by atoms with Crippen molar-refractivity contribution in [3.63, 3.8) is 0 Å². The molecule has 1 aliphatic rings. The summed E-state index contributed by atoms with van der Waals surface area (Å²) in [5.41, 5.74) is 11.2. The fourth-order valence-electron chi connectivity index (χ4n) is 4.67. The Balaban J connectivity index is 3.05. The van der Waals surface area contributed by atoms with Gasteiger partial charge in [0.1, 0.15) is 37.0 Å². The molecule has 1 fully saturated rings. The van der Waals surface area contributed by atoms with Crippen LogP contribution in [0.15, 0.2) is 0 Å². The number of amides is 3. The Morgan fingerprint density at radius 3 is 2.24 bits per heavy atom. The Morgan fingerprint density at radius 1 is 1.05 bits per heavy atom. The molecule has 1 aliphatic heterocycles. The summed E-state index contributed by atoms with van der Waals surface area (Å²) >= 11 is 0. The zero-order chi connectivity index (χ0) is 32.0. The van der Waals surface area contributed by atoms with Gasteiger partial charge in [-0.1, -0.05) is 32.6 Å². The quantitative estimate of drug-likeness (QED) is 0.0780. The van der Waals surface area contributed by atoms with Crippen LogP contribution in [0.5, 0.6) is 0 Å². The summed E-state index contributed by atoms with van der Waals surface area (Å²) in [7, 11) is 0. The fourth-order valence-corrected chi connectivity index (χ4v) is 4.67. The highest BCUT2D eigenvalue weighted by Gasteiger charge is 2.47. The minimum Gasteiger partial charge on any atom is -0.481 e. The third-order valence-corrected chi connectivity index (χ3v) is 6.81. The van der Waals surface area contributed by atoms with Gasteiger partial charge in [0.05, 0.1) is 12.1 Å². The van der Waals surface area contributed by atoms with E-state index < -0.39 is 84.9 Å². The number of carboxylic acid groups (broad SMARTS) is 1. The van der Waals surface area contributed by atoms with Crippen LogP contribution in [-0.4, -0.2) is 112 Å². The molecule has 8 atom stereocenters. The van der Waals surface area contributed by atoms with Gasteiger partial charge in [-0.2, -0.15) is 0 Å². The van der Waals surface area contributed by atoms with Gasteiger partial charge in [-0.3, -0.25) is 24.0 Å². The Hall–Kier alpha value is -2.85. The lowest BCUT2D eigenvalue weighted by Crippen LogP contribution is -2.65. The highest BCUT2D eigenvalue weighted by Crippen LogP contribution is 2.25. The largest absolute Gasteiger partial charge is 0.481 e. The van der Waals surface area contributed by atoms with E-state index in [0.29, 0.717) is 6.42 Å². The number of hydrogen-bond donors (Lipinski definition) is 6. The number of unbranched alkanes of at least 4 members (excludes halogenated alkanes) is 4. The van der Waals surface area contributed by atoms with Gasteiger partial charge < -0.3 is 51.2 Å². The summed E-state index contributed by atoms with van der Waals surface area (Å²) in [6, 6.07) is -3.62. The van der Waals surface area contributed by atoms with Crippen molar-refractivity contribution in [3.8, 4) is 0 Å². The maximum absolute atomic E-state index is 12.9. The van der Waals surface area contributed by atoms with Crippen LogP contribution in [0.1, 0.15) is 79.1 Å². The molecule has 0 aromatic heterocycles. The number of aliphatic hydroxyl groups is 2. The summed E-state index contributed by atoms with van der Waals surface area (Å²) < 4.78 is 16.7. The van der Waals surface area contributed by atoms with Crippen LogP contribution in [0.2, 0.25) is 0 Å². The molecule has 0 bridgehead atoms. The number of nitrogens with one attached hydrogen (secondary N) is 1. The van der Waals surface area contributed by atoms with Crippen LogP contribution < -0.4 is 16.8 Å². The first-order chi connectivity index (χ1) is 19.7. The highest BCUT2D eigenvalue weighted by molar-refractivity contribution is 5.89. The van der Waals surface area contributed by atoms with Crippen LogP contribution in [0.4, 0.5) is 0 Å². The number of rotatable bonds is 19. The maximum Gasteiger partial charge on any atom is 0.305 e. The number of aliphatic carboxylic acids is 1. The molecule has 0 aliphatic carbocycles. The molecule has 1 unspecified atom stereocenters. The van der Waals surface area contributed by atoms with Crippen LogP contribution in [0.3, 0.4) is 0 Å². The Morgan fingerprint density at radius 2 is 1.69 bits per heavy atom. The molecule has 242 valence electrons. The molecule has 0 saturated carbocycles. The second kappa shape index (κ2) is 18.6. The number of ether oxygens (including phenoxy) is 3. The van der Waals surface area contributed by atoms with Crippen molar-refractivity contribution in [1.82, 2.24) is 10.2 Å². The van der Waals surface area contributed by atoms with Crippen molar-refractivity contribution in [2.75, 3.05) is 13.2 Å². The number of carboxylic acids is 1. The molecule has 0 radical (unpaired) electrons. The highest BCUT2D eigenvalue weighted by atomic mass is 16.6. The molecule has 0 aromatic rings. The van der Waals surface area contributed by atoms with Crippen molar-refractivity contribution in [2.45, 2.75) is 128 Å². The topological polar surface area (TPSA) is 241 Å². The van der Waals surface area contributed by atoms with Gasteiger partial charge in [0.2, 0.25) is 17.7 Å². The Bertz CT molecular complexity index is 903. The first-order valence-corrected chi connectivity index (χ1v) is 14.4. The number of aliphatic hydroxyl groups excluding tert-OH is 2. The zero-order valence-corrected chi connectivity index (χ0v) is 24.9. The summed E-state index contributed by atoms with van der Waals surface area (Å²) in [6.45, 7) is 5.49. The molecule has 1 saturated heterocycles. The van der Waals surface area contributed by atoms with Crippen LogP contribution >= 0.6 is 0 Å². The third-order valence-electron chi connectivity index (χ3n) is 6.81. The van der Waals surface area contributed by atoms with E-state index in [9.17, 15) is 34.2 Å². The van der Waals surface area contributed by atoms with Gasteiger partial charge in [-0.15, -0.1) is 0 Å². The number of carbonyl (C=O) groups excluding carboxylic acids is 4. The van der Waals surface area contributed by atoms with E-state index in [2.05, 4.69) is 12.2 Å². The second-order valence-electron chi connectivity index (χ2n) is 10.7. The SMILES string of the molecule is CCCCCCCC(=O)OC[C@H]1O[C@H](O)[C@H](NC(C)=O)[C@@H](OC(C)CN(C(=O)[C@H](C)N)[C@H](CCC(=O)O)C(N)=O)[C@@H]1O. The standard InChI is InChI=1S/C27H48N4O11/c1-5-6-7-8-9-10-21(35)40-14-19-23(36)24(22(27(39)42-19)30-17(4)32)41-15(2)13-31(26(38)16(3)28)18(25(29)37)11-12-20(33)34/h15-16,18-19,22-24,27,36,39H,5-14,28H2,1-4H3,(H2,29,37)(H,30,32)(H,33,34)/t15?,16-,18+,19+,22+,23+,24+,27-/m0/s1. The van der Waals surface area contributed by atoms with Gasteiger partial charge in [0.15, 0.2) is 6.29 Å². The Kier molecular flexibility index (Phi) is 16.5. The number of carbonyl (C=O) groups is 5. The lowest BCUT2D eigenvalue weighted by Gasteiger charge is -2.44. The minimum atomic E-state index is -1.65. The lowest BCUT2D eigenvalue weighted by molar-refractivity contribution is -0.269. The minimum absolute atomic E-state index is 0.187. The third kappa shape index (κ3) is 12.6. The number of nitrogens with two attached hydrogens (primary N) is 2. The van der Waals surface area contributed by atoms with Gasteiger partial charge in [0.25, 0.3) is 0 Å². The average molecular weight is 605 g/mol. The van der Waals surface area contributed by atoms with E-state index in [1.54, 1.807) is 0 Å². The molecule has 15 heteroatoms. The first kappa shape index (κ1) is 37.2. The van der Waals surface area contributed by atoms with Crippen molar-refractivity contribution < 1.29 is 53.5 Å². The normalized spacial score (nSPS) is 24.2. The van der Waals surface area contributed by atoms with Crippen molar-refractivity contribution in [3.05, 3.63) is 0 Å². The summed E-state index contributed by atoms with van der Waals surface area (Å²) in [6.07, 6.45) is -2.45. The van der Waals surface area contributed by atoms with E-state index in [0.717, 1.165) is 30.6 Å². The maximum atomic E-state index is 12.9. The van der Waals surface area contributed by atoms with Gasteiger partial charge in [-0.05, 0) is 26.7 Å². The van der Waals surface area contributed by atoms with Gasteiger partial charge >= 0.3 is 11.9 Å². The Labute approximate surface area is 246 Å². The molecule has 0 spiro atoms. The molecule has 0 aromatic carbocycles. The van der Waals surface area contributed by atoms with Crippen molar-refractivity contribution in [1.29, 1.82) is 0 Å². The summed E-state index contributed by atoms with van der Waals surface area (Å²) in [5.74, 6) is -3.87. The van der Waals surface area contributed by atoms with Crippen molar-refractivity contribution >= 4 is 29.7 Å². The molecule has 15 nitrogen and oxygen atoms in total. The molecule has 1 heterocycles. The van der Waals surface area contributed by atoms with Crippen LogP contribution in [0.25, 0.3) is 0 Å². The number of primary amides is 1. The smallest absolute Gasteiger partial charge is 0.305 e. The summed E-state index contributed by atoms with van der Waals surface area (Å²) in [4.78, 5) is 61.2. The number of esters is 1. The molecular weight excluding hydrogens is 556 g/mol. The fraction of sp³-hybridized carbons (Fsp3) is 0.815. The van der Waals surface area contributed by atoms with E-state index in [1.807, 2.05) is 0 Å². The van der Waals surface area contributed by atoms with Crippen LogP contribution in [0, 0.1) is 0 Å². The predicted octanol–water partition coefficient (Wildman–Crippen LogP) is -0.859. The van der Waals surface area contributed by atoms with E-state index >= 15 is 0 Å². The molecule has 1 rings (SSSR count). The van der Waals surface area contributed by atoms with E-state index in [1.165, 1.54) is 20.8 Å². The molecular formula is C27H48N4O11. The zero-order valence-electron chi connectivity index (χ0n) is 24.9. The molecule has 42 heavy (non-hydrogen) atoms. The van der Waals surface area contributed by atoms with Gasteiger partial charge in [-0.25, -0.2) is 0 Å². The predicted molar refractivity (Wildman–Crippen MR) is 148 cm³/mol. The average Bonchev–Trinajstić information content (AvgIpc) is 2.90. The van der Waals surface area contributed by atoms with Crippen molar-refractivity contribution in [2.24, 2.45) is 11.5 Å². The second-order valence-corrected chi connectivity index (χ2v) is 10.7.